The number of hydrogen-bond donors (Lipinski definition) is 2. The summed E-state index contributed by atoms with van der Waals surface area (Å²) in [7, 11) is 0. The summed E-state index contributed by atoms with van der Waals surface area (Å²) in [6, 6.07) is 0. The van der Waals surface area contributed by atoms with Crippen LogP contribution in [0.2, 0.25) is 0 Å². The summed E-state index contributed by atoms with van der Waals surface area (Å²) in [5.74, 6) is -4.85. The Balaban J connectivity index is 2.67. The van der Waals surface area contributed by atoms with Gasteiger partial charge in [0.05, 0.1) is 0 Å². The van der Waals surface area contributed by atoms with Crippen LogP contribution in [0.5, 0.6) is 0 Å². The molecular formula is C30H38O6. The molecule has 6 nitrogen and oxygen atoms in total. The molecule has 2 atom stereocenters. The summed E-state index contributed by atoms with van der Waals surface area (Å²) in [6.45, 7) is 14.2. The average molecular weight is 495 g/mol. The van der Waals surface area contributed by atoms with Crippen molar-refractivity contribution in [2.75, 3.05) is 0 Å². The predicted octanol–water partition coefficient (Wildman–Crippen LogP) is 6.31. The van der Waals surface area contributed by atoms with Crippen molar-refractivity contribution in [3.8, 4) is 0 Å². The van der Waals surface area contributed by atoms with Gasteiger partial charge in [0.1, 0.15) is 11.5 Å². The van der Waals surface area contributed by atoms with E-state index in [4.69, 9.17) is 0 Å². The van der Waals surface area contributed by atoms with Crippen LogP contribution in [0.1, 0.15) is 81.1 Å². The molecule has 194 valence electrons. The van der Waals surface area contributed by atoms with E-state index in [0.29, 0.717) is 25.7 Å². The summed E-state index contributed by atoms with van der Waals surface area (Å²) in [4.78, 5) is 51.7. The number of carbonyl (C=O) groups excluding carboxylic acids is 4. The Hall–Kier alpha value is -3.28. The predicted molar refractivity (Wildman–Crippen MR) is 140 cm³/mol. The number of allylic oxidation sites excluding steroid dienone is 10. The minimum atomic E-state index is -0.789. The highest BCUT2D eigenvalue weighted by molar-refractivity contribution is 6.52. The van der Waals surface area contributed by atoms with Crippen LogP contribution in [0.25, 0.3) is 0 Å². The zero-order valence-electron chi connectivity index (χ0n) is 22.7. The van der Waals surface area contributed by atoms with Gasteiger partial charge >= 0.3 is 0 Å². The second kappa shape index (κ2) is 11.6. The molecule has 2 aliphatic rings. The van der Waals surface area contributed by atoms with Crippen LogP contribution in [0.3, 0.4) is 0 Å². The first-order valence-electron chi connectivity index (χ1n) is 12.5. The van der Waals surface area contributed by atoms with Crippen LogP contribution in [-0.2, 0) is 19.2 Å². The Morgan fingerprint density at radius 1 is 0.639 bits per heavy atom. The van der Waals surface area contributed by atoms with Crippen LogP contribution < -0.4 is 0 Å². The lowest BCUT2D eigenvalue weighted by Gasteiger charge is -2.28. The molecular weight excluding hydrogens is 456 g/mol. The molecule has 0 aromatic heterocycles. The van der Waals surface area contributed by atoms with E-state index in [1.165, 1.54) is 13.8 Å². The van der Waals surface area contributed by atoms with Crippen molar-refractivity contribution in [3.63, 3.8) is 0 Å². The normalized spacial score (nSPS) is 18.8. The number of rotatable bonds is 9. The smallest absolute Gasteiger partial charge is 0.233 e. The zero-order chi connectivity index (χ0) is 27.5. The fourth-order valence-electron chi connectivity index (χ4n) is 4.71. The molecule has 0 aromatic rings. The molecule has 2 rings (SSSR count). The molecule has 0 saturated heterocycles. The monoisotopic (exact) mass is 494 g/mol. The van der Waals surface area contributed by atoms with Gasteiger partial charge in [-0.3, -0.25) is 19.2 Å². The standard InChI is InChI=1S/C30H38O6/c1-15(2)11-9-13-17(5)21-27(33)23(19(7)25(31)29(21)35)24-20(8)26(32)30(36)22(28(24)34)18(6)14-10-12-16(3)4/h11-12,17-18,33-34H,9-10,13-14H2,1-8H3/t17-,18-/m0/s1. The third-order valence-corrected chi connectivity index (χ3v) is 6.86. The first-order chi connectivity index (χ1) is 16.7. The summed E-state index contributed by atoms with van der Waals surface area (Å²) in [5.41, 5.74) is 1.97. The van der Waals surface area contributed by atoms with Gasteiger partial charge in [-0.05, 0) is 79.1 Å². The van der Waals surface area contributed by atoms with Crippen molar-refractivity contribution >= 4 is 23.1 Å². The molecule has 0 aromatic carbocycles. The number of ketones is 4. The lowest BCUT2D eigenvalue weighted by molar-refractivity contribution is -0.133. The van der Waals surface area contributed by atoms with Gasteiger partial charge in [0.2, 0.25) is 23.1 Å². The molecule has 0 aliphatic heterocycles. The van der Waals surface area contributed by atoms with Gasteiger partial charge in [-0.25, -0.2) is 0 Å². The molecule has 2 aliphatic carbocycles. The second-order valence-electron chi connectivity index (χ2n) is 10.4. The van der Waals surface area contributed by atoms with E-state index in [1.54, 1.807) is 13.8 Å². The number of aliphatic hydroxyl groups is 2. The highest BCUT2D eigenvalue weighted by Crippen LogP contribution is 2.41. The van der Waals surface area contributed by atoms with E-state index in [0.717, 1.165) is 11.1 Å². The summed E-state index contributed by atoms with van der Waals surface area (Å²) < 4.78 is 0. The van der Waals surface area contributed by atoms with Crippen LogP contribution in [-0.4, -0.2) is 33.3 Å². The van der Waals surface area contributed by atoms with Gasteiger partial charge in [-0.2, -0.15) is 0 Å². The van der Waals surface area contributed by atoms with Crippen LogP contribution >= 0.6 is 0 Å². The number of carbonyl (C=O) groups is 4. The van der Waals surface area contributed by atoms with Crippen molar-refractivity contribution in [2.24, 2.45) is 11.8 Å². The zero-order valence-corrected chi connectivity index (χ0v) is 22.7. The van der Waals surface area contributed by atoms with Crippen molar-refractivity contribution in [1.29, 1.82) is 0 Å². The third kappa shape index (κ3) is 5.75. The minimum Gasteiger partial charge on any atom is -0.507 e. The summed E-state index contributed by atoms with van der Waals surface area (Å²) >= 11 is 0. The van der Waals surface area contributed by atoms with Crippen LogP contribution in [0.4, 0.5) is 0 Å². The maximum atomic E-state index is 13.0. The maximum absolute atomic E-state index is 13.0. The number of aliphatic hydroxyl groups excluding tert-OH is 2. The van der Waals surface area contributed by atoms with Gasteiger partial charge in [0.15, 0.2) is 0 Å². The van der Waals surface area contributed by atoms with E-state index in [-0.39, 0.29) is 33.4 Å². The molecule has 0 fully saturated rings. The van der Waals surface area contributed by atoms with Crippen molar-refractivity contribution < 1.29 is 29.4 Å². The largest absolute Gasteiger partial charge is 0.507 e. The van der Waals surface area contributed by atoms with E-state index < -0.39 is 46.5 Å². The van der Waals surface area contributed by atoms with E-state index in [9.17, 15) is 29.4 Å². The Labute approximate surface area is 213 Å². The molecule has 2 N–H and O–H groups in total. The van der Waals surface area contributed by atoms with Gasteiger partial charge in [0.25, 0.3) is 0 Å². The molecule has 0 amide bonds. The van der Waals surface area contributed by atoms with E-state index in [2.05, 4.69) is 0 Å². The van der Waals surface area contributed by atoms with Crippen LogP contribution in [0, 0.1) is 11.8 Å². The SMILES string of the molecule is CC(C)=CCC[C@H](C)C1=C(O)C(C2=C(C)C(=O)C(=O)C([C@@H](C)CCC=C(C)C)=C2O)=C(C)C(=O)C1=O. The Bertz CT molecular complexity index is 1090. The summed E-state index contributed by atoms with van der Waals surface area (Å²) in [6.07, 6.45) is 6.40. The van der Waals surface area contributed by atoms with Crippen molar-refractivity contribution in [3.05, 3.63) is 68.3 Å². The third-order valence-electron chi connectivity index (χ3n) is 6.86. The van der Waals surface area contributed by atoms with Gasteiger partial charge in [-0.1, -0.05) is 37.1 Å². The van der Waals surface area contributed by atoms with E-state index >= 15 is 0 Å². The second-order valence-corrected chi connectivity index (χ2v) is 10.4. The molecule has 0 radical (unpaired) electrons. The molecule has 0 spiro atoms. The van der Waals surface area contributed by atoms with Gasteiger partial charge in [0, 0.05) is 33.4 Å². The van der Waals surface area contributed by atoms with Crippen LogP contribution in [0.15, 0.2) is 68.3 Å². The van der Waals surface area contributed by atoms with Crippen molar-refractivity contribution in [1.82, 2.24) is 0 Å². The Kier molecular flexibility index (Phi) is 9.36. The first kappa shape index (κ1) is 29.0. The molecule has 0 heterocycles. The quantitative estimate of drug-likeness (QED) is 0.221. The lowest BCUT2D eigenvalue weighted by atomic mass is 9.74. The highest BCUT2D eigenvalue weighted by atomic mass is 16.3. The number of Topliss-reactive ketones (excluding diaryl/α,β-unsaturated/α-hetero) is 4. The molecule has 6 heteroatoms. The fourth-order valence-corrected chi connectivity index (χ4v) is 4.71. The van der Waals surface area contributed by atoms with Gasteiger partial charge < -0.3 is 10.2 Å². The summed E-state index contributed by atoms with van der Waals surface area (Å²) in [5, 5.41) is 22.6. The van der Waals surface area contributed by atoms with Crippen molar-refractivity contribution in [2.45, 2.75) is 81.1 Å². The average Bonchev–Trinajstić information content (AvgIpc) is 2.78. The topological polar surface area (TPSA) is 109 Å². The van der Waals surface area contributed by atoms with Gasteiger partial charge in [-0.15, -0.1) is 0 Å². The minimum absolute atomic E-state index is 0.0293. The number of hydrogen-bond acceptors (Lipinski definition) is 6. The first-order valence-corrected chi connectivity index (χ1v) is 12.5. The molecule has 0 unspecified atom stereocenters. The lowest BCUT2D eigenvalue weighted by Crippen LogP contribution is -2.33. The molecule has 0 bridgehead atoms. The van der Waals surface area contributed by atoms with E-state index in [1.807, 2.05) is 39.8 Å². The Morgan fingerprint density at radius 3 is 1.22 bits per heavy atom. The molecule has 0 saturated carbocycles. The fraction of sp³-hybridized carbons (Fsp3) is 0.467. The molecule has 36 heavy (non-hydrogen) atoms. The highest BCUT2D eigenvalue weighted by Gasteiger charge is 2.42. The maximum Gasteiger partial charge on any atom is 0.233 e. The Morgan fingerprint density at radius 2 is 0.944 bits per heavy atom.